The maximum Gasteiger partial charge on any atom is 0.314 e. The molecule has 4 nitrogen and oxygen atoms in total. The van der Waals surface area contributed by atoms with E-state index in [4.69, 9.17) is 0 Å². The number of hydrogen-bond acceptors (Lipinski definition) is 4. The molecule has 7 heteroatoms. The molecular weight excluding hydrogens is 502 g/mol. The van der Waals surface area contributed by atoms with Crippen molar-refractivity contribution in [2.24, 2.45) is 0 Å². The van der Waals surface area contributed by atoms with Gasteiger partial charge in [0.1, 0.15) is 0 Å². The summed E-state index contributed by atoms with van der Waals surface area (Å²) in [5, 5.41) is 2.07. The predicted octanol–water partition coefficient (Wildman–Crippen LogP) is 3.83. The SMILES string of the molecule is Fc1nc(F)nc(-c2cc[c-]c(-c3cc4ccccc4cn3)c2)n1.[Ir]. The first kappa shape index (κ1) is 17.2. The summed E-state index contributed by atoms with van der Waals surface area (Å²) in [4.78, 5) is 14.4. The molecule has 0 aliphatic carbocycles. The maximum absolute atomic E-state index is 13.2. The number of benzene rings is 2. The molecule has 2 heterocycles. The van der Waals surface area contributed by atoms with Gasteiger partial charge in [-0.05, 0) is 16.5 Å². The van der Waals surface area contributed by atoms with Gasteiger partial charge in [-0.3, -0.25) is 0 Å². The van der Waals surface area contributed by atoms with E-state index in [1.807, 2.05) is 30.3 Å². The van der Waals surface area contributed by atoms with Crippen LogP contribution in [0.15, 0.2) is 54.7 Å². The molecule has 0 aliphatic rings. The van der Waals surface area contributed by atoms with Crippen molar-refractivity contribution in [3.63, 3.8) is 0 Å². The molecule has 0 amide bonds. The number of nitrogens with zero attached hydrogens (tertiary/aromatic N) is 4. The Bertz CT molecular complexity index is 1040. The molecule has 25 heavy (non-hydrogen) atoms. The maximum atomic E-state index is 13.2. The molecule has 4 aromatic rings. The average Bonchev–Trinajstić information content (AvgIpc) is 2.60. The fourth-order valence-corrected chi connectivity index (χ4v) is 2.44. The molecule has 2 aromatic heterocycles. The first-order valence-electron chi connectivity index (χ1n) is 7.13. The molecular formula is C18H9F2IrN4-. The Morgan fingerprint density at radius 2 is 1.56 bits per heavy atom. The van der Waals surface area contributed by atoms with Crippen LogP contribution >= 0.6 is 0 Å². The molecule has 2 aromatic carbocycles. The predicted molar refractivity (Wildman–Crippen MR) is 84.8 cm³/mol. The van der Waals surface area contributed by atoms with E-state index in [1.165, 1.54) is 0 Å². The van der Waals surface area contributed by atoms with Gasteiger partial charge in [-0.1, -0.05) is 35.9 Å². The molecule has 0 atom stereocenters. The van der Waals surface area contributed by atoms with Gasteiger partial charge < -0.3 is 4.98 Å². The smallest absolute Gasteiger partial charge is 0.304 e. The zero-order valence-corrected chi connectivity index (χ0v) is 15.0. The van der Waals surface area contributed by atoms with Crippen molar-refractivity contribution in [1.29, 1.82) is 0 Å². The Balaban J connectivity index is 0.00000182. The topological polar surface area (TPSA) is 51.6 Å². The van der Waals surface area contributed by atoms with E-state index in [2.05, 4.69) is 26.0 Å². The van der Waals surface area contributed by atoms with E-state index >= 15 is 0 Å². The molecule has 0 bridgehead atoms. The summed E-state index contributed by atoms with van der Waals surface area (Å²) in [5.41, 5.74) is 1.84. The zero-order valence-electron chi connectivity index (χ0n) is 12.6. The summed E-state index contributed by atoms with van der Waals surface area (Å²) in [6, 6.07) is 17.8. The number of halogens is 2. The first-order valence-corrected chi connectivity index (χ1v) is 7.13. The second-order valence-electron chi connectivity index (χ2n) is 5.10. The first-order chi connectivity index (χ1) is 11.7. The van der Waals surface area contributed by atoms with Gasteiger partial charge in [-0.15, -0.1) is 29.8 Å². The Morgan fingerprint density at radius 3 is 2.32 bits per heavy atom. The quantitative estimate of drug-likeness (QED) is 0.384. The van der Waals surface area contributed by atoms with Crippen molar-refractivity contribution >= 4 is 10.8 Å². The number of fused-ring (bicyclic) bond motifs is 1. The fourth-order valence-electron chi connectivity index (χ4n) is 2.44. The normalized spacial score (nSPS) is 10.5. The number of rotatable bonds is 2. The van der Waals surface area contributed by atoms with E-state index in [0.29, 0.717) is 16.8 Å². The van der Waals surface area contributed by atoms with Gasteiger partial charge >= 0.3 is 12.2 Å². The third-order valence-corrected chi connectivity index (χ3v) is 3.55. The van der Waals surface area contributed by atoms with Gasteiger partial charge in [-0.2, -0.15) is 23.7 Å². The minimum absolute atomic E-state index is 0. The molecule has 0 saturated heterocycles. The van der Waals surface area contributed by atoms with Gasteiger partial charge in [0.25, 0.3) is 0 Å². The van der Waals surface area contributed by atoms with Gasteiger partial charge in [0.2, 0.25) is 0 Å². The summed E-state index contributed by atoms with van der Waals surface area (Å²) < 4.78 is 26.4. The van der Waals surface area contributed by atoms with Crippen molar-refractivity contribution < 1.29 is 28.9 Å². The Labute approximate surface area is 155 Å². The molecule has 0 aliphatic heterocycles. The van der Waals surface area contributed by atoms with Crippen LogP contribution in [0.2, 0.25) is 0 Å². The van der Waals surface area contributed by atoms with Crippen LogP contribution in [0.3, 0.4) is 0 Å². The summed E-state index contributed by atoms with van der Waals surface area (Å²) in [6.07, 6.45) is -0.542. The van der Waals surface area contributed by atoms with Crippen LogP contribution in [0.25, 0.3) is 33.4 Å². The Hall–Kier alpha value is -2.63. The average molecular weight is 512 g/mol. The second-order valence-corrected chi connectivity index (χ2v) is 5.10. The molecule has 0 fully saturated rings. The van der Waals surface area contributed by atoms with Crippen molar-refractivity contribution in [3.8, 4) is 22.6 Å². The van der Waals surface area contributed by atoms with Gasteiger partial charge in [0.05, 0.1) is 0 Å². The van der Waals surface area contributed by atoms with E-state index in [9.17, 15) is 8.78 Å². The van der Waals surface area contributed by atoms with Crippen LogP contribution in [0.5, 0.6) is 0 Å². The number of pyridine rings is 1. The standard InChI is InChI=1S/C18H9F2N4.Ir/c19-17-22-16(23-18(20)24-17)13-7-3-6-12(8-13)15-9-11-4-1-2-5-14(11)10-21-15;/h1-5,7-10H;/q-1;. The van der Waals surface area contributed by atoms with E-state index in [-0.39, 0.29) is 25.9 Å². The van der Waals surface area contributed by atoms with Crippen LogP contribution in [0, 0.1) is 18.2 Å². The molecule has 125 valence electrons. The molecule has 1 radical (unpaired) electrons. The van der Waals surface area contributed by atoms with E-state index < -0.39 is 12.2 Å². The van der Waals surface area contributed by atoms with E-state index in [0.717, 1.165) is 10.8 Å². The summed E-state index contributed by atoms with van der Waals surface area (Å²) in [5.74, 6) is -0.0731. The molecule has 4 rings (SSSR count). The van der Waals surface area contributed by atoms with Crippen molar-refractivity contribution in [1.82, 2.24) is 19.9 Å². The summed E-state index contributed by atoms with van der Waals surface area (Å²) in [7, 11) is 0. The van der Waals surface area contributed by atoms with Crippen molar-refractivity contribution in [2.45, 2.75) is 0 Å². The monoisotopic (exact) mass is 512 g/mol. The number of hydrogen-bond donors (Lipinski definition) is 0. The van der Waals surface area contributed by atoms with Crippen LogP contribution in [-0.2, 0) is 20.1 Å². The van der Waals surface area contributed by atoms with Crippen LogP contribution in [0.1, 0.15) is 0 Å². The Kier molecular flexibility index (Phi) is 4.88. The van der Waals surface area contributed by atoms with Crippen LogP contribution in [0.4, 0.5) is 8.78 Å². The third-order valence-electron chi connectivity index (χ3n) is 3.55. The third kappa shape index (κ3) is 3.57. The van der Waals surface area contributed by atoms with Crippen molar-refractivity contribution in [3.05, 3.63) is 73.0 Å². The molecule has 0 saturated carbocycles. The number of aromatic nitrogens is 4. The summed E-state index contributed by atoms with van der Waals surface area (Å²) in [6.45, 7) is 0. The van der Waals surface area contributed by atoms with E-state index in [1.54, 1.807) is 24.4 Å². The van der Waals surface area contributed by atoms with Gasteiger partial charge in [-0.25, -0.2) is 0 Å². The summed E-state index contributed by atoms with van der Waals surface area (Å²) >= 11 is 0. The second kappa shape index (κ2) is 7.09. The van der Waals surface area contributed by atoms with Crippen LogP contribution < -0.4 is 0 Å². The minimum Gasteiger partial charge on any atom is -0.304 e. The molecule has 0 unspecified atom stereocenters. The largest absolute Gasteiger partial charge is 0.314 e. The fraction of sp³-hybridized carbons (Fsp3) is 0. The Morgan fingerprint density at radius 1 is 0.840 bits per heavy atom. The molecule has 0 N–H and O–H groups in total. The van der Waals surface area contributed by atoms with Gasteiger partial charge in [0.15, 0.2) is 5.82 Å². The van der Waals surface area contributed by atoms with Crippen LogP contribution in [-0.4, -0.2) is 19.9 Å². The molecule has 0 spiro atoms. The minimum atomic E-state index is -1.16. The van der Waals surface area contributed by atoms with Crippen molar-refractivity contribution in [2.75, 3.05) is 0 Å². The van der Waals surface area contributed by atoms with Gasteiger partial charge in [0, 0.05) is 26.3 Å². The zero-order chi connectivity index (χ0) is 16.5.